The van der Waals surface area contributed by atoms with E-state index in [-0.39, 0.29) is 5.91 Å². The third kappa shape index (κ3) is 3.94. The van der Waals surface area contributed by atoms with Crippen LogP contribution in [-0.2, 0) is 4.79 Å². The minimum Gasteiger partial charge on any atom is -0.490 e. The summed E-state index contributed by atoms with van der Waals surface area (Å²) in [5.41, 5.74) is 0.760. The number of hydrogen-bond acceptors (Lipinski definition) is 5. The van der Waals surface area contributed by atoms with E-state index in [0.29, 0.717) is 39.8 Å². The van der Waals surface area contributed by atoms with E-state index in [2.05, 4.69) is 11.6 Å². The minimum atomic E-state index is -0.0957. The van der Waals surface area contributed by atoms with E-state index in [1.54, 1.807) is 38.4 Å². The second-order valence-corrected chi connectivity index (χ2v) is 6.26. The lowest BCUT2D eigenvalue weighted by Crippen LogP contribution is -2.23. The van der Waals surface area contributed by atoms with Crippen molar-refractivity contribution in [1.29, 1.82) is 0 Å². The molecule has 0 spiro atoms. The lowest BCUT2D eigenvalue weighted by molar-refractivity contribution is -0.121. The van der Waals surface area contributed by atoms with E-state index in [9.17, 15) is 4.79 Å². The van der Waals surface area contributed by atoms with Crippen molar-refractivity contribution in [2.24, 2.45) is 4.99 Å². The summed E-state index contributed by atoms with van der Waals surface area (Å²) in [4.78, 5) is 18.4. The van der Waals surface area contributed by atoms with Gasteiger partial charge in [-0.3, -0.25) is 14.7 Å². The fourth-order valence-corrected chi connectivity index (χ4v) is 3.32. The first kappa shape index (κ1) is 18.4. The quantitative estimate of drug-likeness (QED) is 0.567. The molecule has 1 aromatic carbocycles. The van der Waals surface area contributed by atoms with Crippen LogP contribution in [0, 0.1) is 0 Å². The van der Waals surface area contributed by atoms with Crippen LogP contribution in [0.1, 0.15) is 12.5 Å². The van der Waals surface area contributed by atoms with Crippen LogP contribution >= 0.6 is 23.4 Å². The Bertz CT molecular complexity index is 716. The molecule has 0 bridgehead atoms. The molecule has 1 saturated heterocycles. The van der Waals surface area contributed by atoms with Crippen LogP contribution in [-0.4, -0.2) is 43.3 Å². The van der Waals surface area contributed by atoms with Gasteiger partial charge in [-0.25, -0.2) is 0 Å². The molecule has 0 atom stereocenters. The summed E-state index contributed by atoms with van der Waals surface area (Å²) in [6.07, 6.45) is 3.41. The number of nitrogens with zero attached hydrogens (tertiary/aromatic N) is 2. The molecule has 2 rings (SSSR count). The lowest BCUT2D eigenvalue weighted by Gasteiger charge is -2.13. The van der Waals surface area contributed by atoms with Gasteiger partial charge >= 0.3 is 0 Å². The van der Waals surface area contributed by atoms with Crippen molar-refractivity contribution in [3.63, 3.8) is 0 Å². The van der Waals surface area contributed by atoms with Gasteiger partial charge in [-0.05, 0) is 42.5 Å². The maximum Gasteiger partial charge on any atom is 0.266 e. The van der Waals surface area contributed by atoms with Gasteiger partial charge in [0.15, 0.2) is 16.7 Å². The normalized spacial score (nSPS) is 17.7. The molecule has 0 unspecified atom stereocenters. The van der Waals surface area contributed by atoms with Gasteiger partial charge in [0.25, 0.3) is 5.91 Å². The lowest BCUT2D eigenvalue weighted by atomic mass is 10.1. The molecule has 0 radical (unpaired) electrons. The first-order valence-electron chi connectivity index (χ1n) is 7.36. The van der Waals surface area contributed by atoms with Gasteiger partial charge in [0.05, 0.1) is 16.5 Å². The molecule has 0 saturated carbocycles. The molecule has 1 aliphatic rings. The molecule has 1 fully saturated rings. The SMILES string of the molecule is C=CCOc1c(Cl)cc(/C=C2\SC(=NC)N(C)C2=O)cc1OCC. The predicted molar refractivity (Wildman–Crippen MR) is 100 cm³/mol. The average molecular weight is 367 g/mol. The Morgan fingerprint density at radius 3 is 2.75 bits per heavy atom. The molecule has 1 amide bonds. The largest absolute Gasteiger partial charge is 0.490 e. The van der Waals surface area contributed by atoms with Crippen LogP contribution < -0.4 is 9.47 Å². The Balaban J connectivity index is 2.39. The van der Waals surface area contributed by atoms with Gasteiger partial charge in [0, 0.05) is 14.1 Å². The smallest absolute Gasteiger partial charge is 0.266 e. The van der Waals surface area contributed by atoms with Crippen LogP contribution in [0.5, 0.6) is 11.5 Å². The number of carbonyl (C=O) groups is 1. The molecule has 0 aliphatic carbocycles. The van der Waals surface area contributed by atoms with Crippen molar-refractivity contribution in [2.75, 3.05) is 27.3 Å². The van der Waals surface area contributed by atoms with Crippen molar-refractivity contribution in [3.8, 4) is 11.5 Å². The number of thioether (sulfide) groups is 1. The molecule has 1 heterocycles. The number of halogens is 1. The van der Waals surface area contributed by atoms with Crippen molar-refractivity contribution >= 4 is 40.5 Å². The number of hydrogen-bond donors (Lipinski definition) is 0. The maximum absolute atomic E-state index is 12.2. The molecule has 0 N–H and O–H groups in total. The zero-order valence-corrected chi connectivity index (χ0v) is 15.4. The molecule has 7 heteroatoms. The Morgan fingerprint density at radius 2 is 2.17 bits per heavy atom. The van der Waals surface area contributed by atoms with Crippen LogP contribution in [0.3, 0.4) is 0 Å². The van der Waals surface area contributed by atoms with E-state index in [1.165, 1.54) is 16.7 Å². The van der Waals surface area contributed by atoms with Crippen LogP contribution in [0.15, 0.2) is 34.7 Å². The summed E-state index contributed by atoms with van der Waals surface area (Å²) in [7, 11) is 3.36. The van der Waals surface area contributed by atoms with Gasteiger partial charge in [-0.1, -0.05) is 24.3 Å². The highest BCUT2D eigenvalue weighted by atomic mass is 35.5. The molecule has 5 nitrogen and oxygen atoms in total. The fraction of sp³-hybridized carbons (Fsp3) is 0.294. The van der Waals surface area contributed by atoms with Gasteiger partial charge in [-0.2, -0.15) is 0 Å². The zero-order chi connectivity index (χ0) is 17.7. The second-order valence-electron chi connectivity index (χ2n) is 4.84. The molecular weight excluding hydrogens is 348 g/mol. The summed E-state index contributed by atoms with van der Waals surface area (Å²) in [6.45, 7) is 6.31. The number of carbonyl (C=O) groups excluding carboxylic acids is 1. The number of rotatable bonds is 6. The number of likely N-dealkylation sites (N-methyl/N-ethyl adjacent to an activating group) is 1. The number of amidine groups is 1. The Labute approximate surface area is 151 Å². The average Bonchev–Trinajstić information content (AvgIpc) is 2.82. The van der Waals surface area contributed by atoms with Crippen molar-refractivity contribution in [3.05, 3.63) is 40.3 Å². The highest BCUT2D eigenvalue weighted by molar-refractivity contribution is 8.18. The Morgan fingerprint density at radius 1 is 1.42 bits per heavy atom. The number of ether oxygens (including phenoxy) is 2. The van der Waals surface area contributed by atoms with Crippen LogP contribution in [0.25, 0.3) is 6.08 Å². The van der Waals surface area contributed by atoms with Crippen molar-refractivity contribution < 1.29 is 14.3 Å². The molecule has 24 heavy (non-hydrogen) atoms. The van der Waals surface area contributed by atoms with Crippen LogP contribution in [0.2, 0.25) is 5.02 Å². The van der Waals surface area contributed by atoms with E-state index >= 15 is 0 Å². The molecule has 1 aromatic rings. The Hall–Kier alpha value is -1.92. The first-order valence-corrected chi connectivity index (χ1v) is 8.55. The number of aliphatic imine (C=N–C) groups is 1. The highest BCUT2D eigenvalue weighted by Gasteiger charge is 2.29. The van der Waals surface area contributed by atoms with Crippen LogP contribution in [0.4, 0.5) is 0 Å². The summed E-state index contributed by atoms with van der Waals surface area (Å²) in [5, 5.41) is 1.08. The Kier molecular flexibility index (Phi) is 6.34. The van der Waals surface area contributed by atoms with E-state index < -0.39 is 0 Å². The summed E-state index contributed by atoms with van der Waals surface area (Å²) >= 11 is 7.64. The molecular formula is C17H19ClN2O3S. The number of amides is 1. The summed E-state index contributed by atoms with van der Waals surface area (Å²) < 4.78 is 11.2. The molecule has 1 aliphatic heterocycles. The summed E-state index contributed by atoms with van der Waals surface area (Å²) in [5.74, 6) is 0.910. The second kappa shape index (κ2) is 8.26. The standard InChI is InChI=1S/C17H19ClN2O3S/c1-5-7-23-15-12(18)8-11(9-13(15)22-6-2)10-14-16(21)20(4)17(19-3)24-14/h5,8-10H,1,6-7H2,2-4H3/b14-10-,19-17?. The van der Waals surface area contributed by atoms with Gasteiger partial charge < -0.3 is 9.47 Å². The third-order valence-corrected chi connectivity index (χ3v) is 4.60. The molecule has 0 aromatic heterocycles. The third-order valence-electron chi connectivity index (χ3n) is 3.17. The van der Waals surface area contributed by atoms with Crippen molar-refractivity contribution in [1.82, 2.24) is 4.90 Å². The maximum atomic E-state index is 12.2. The van der Waals surface area contributed by atoms with E-state index in [0.717, 1.165) is 5.56 Å². The fourth-order valence-electron chi connectivity index (χ4n) is 2.12. The number of benzene rings is 1. The van der Waals surface area contributed by atoms with E-state index in [4.69, 9.17) is 21.1 Å². The summed E-state index contributed by atoms with van der Waals surface area (Å²) in [6, 6.07) is 3.54. The zero-order valence-electron chi connectivity index (χ0n) is 13.8. The highest BCUT2D eigenvalue weighted by Crippen LogP contribution is 2.39. The van der Waals surface area contributed by atoms with Gasteiger partial charge in [0.1, 0.15) is 6.61 Å². The van der Waals surface area contributed by atoms with Gasteiger partial charge in [-0.15, -0.1) is 0 Å². The van der Waals surface area contributed by atoms with E-state index in [1.807, 2.05) is 6.92 Å². The first-order chi connectivity index (χ1) is 11.5. The van der Waals surface area contributed by atoms with Crippen molar-refractivity contribution in [2.45, 2.75) is 6.92 Å². The minimum absolute atomic E-state index is 0.0957. The predicted octanol–water partition coefficient (Wildman–Crippen LogP) is 3.84. The molecule has 128 valence electrons. The van der Waals surface area contributed by atoms with Gasteiger partial charge in [0.2, 0.25) is 0 Å². The topological polar surface area (TPSA) is 51.1 Å². The monoisotopic (exact) mass is 366 g/mol.